The molecule has 116 valence electrons. The van der Waals surface area contributed by atoms with Crippen molar-refractivity contribution in [2.45, 2.75) is 84.1 Å². The van der Waals surface area contributed by atoms with Crippen LogP contribution in [0.25, 0.3) is 0 Å². The van der Waals surface area contributed by atoms with Crippen LogP contribution in [0.3, 0.4) is 0 Å². The Kier molecular flexibility index (Phi) is 6.07. The summed E-state index contributed by atoms with van der Waals surface area (Å²) in [6, 6.07) is 0.748. The Labute approximate surface area is 125 Å². The van der Waals surface area contributed by atoms with Gasteiger partial charge in [-0.1, -0.05) is 52.4 Å². The van der Waals surface area contributed by atoms with Crippen LogP contribution in [0.4, 0.5) is 0 Å². The van der Waals surface area contributed by atoms with Crippen molar-refractivity contribution < 1.29 is 4.79 Å². The summed E-state index contributed by atoms with van der Waals surface area (Å²) in [7, 11) is 0. The van der Waals surface area contributed by atoms with Crippen molar-refractivity contribution in [1.82, 2.24) is 4.90 Å². The monoisotopic (exact) mass is 279 g/mol. The summed E-state index contributed by atoms with van der Waals surface area (Å²) < 4.78 is 0. The van der Waals surface area contributed by atoms with Crippen molar-refractivity contribution in [3.05, 3.63) is 0 Å². The average Bonchev–Trinajstić information content (AvgIpc) is 2.85. The molecule has 2 rings (SSSR count). The quantitative estimate of drug-likeness (QED) is 0.529. The fourth-order valence-electron chi connectivity index (χ4n) is 4.23. The van der Waals surface area contributed by atoms with Crippen LogP contribution in [0, 0.1) is 11.3 Å². The molecule has 0 aromatic rings. The highest BCUT2D eigenvalue weighted by Crippen LogP contribution is 2.36. The summed E-state index contributed by atoms with van der Waals surface area (Å²) in [4.78, 5) is 14.5. The van der Waals surface area contributed by atoms with Crippen molar-refractivity contribution in [2.75, 3.05) is 13.1 Å². The molecule has 0 N–H and O–H groups in total. The molecule has 0 unspecified atom stereocenters. The second-order valence-corrected chi connectivity index (χ2v) is 7.66. The predicted octanol–water partition coefficient (Wildman–Crippen LogP) is 4.43. The van der Waals surface area contributed by atoms with E-state index in [1.807, 2.05) is 0 Å². The van der Waals surface area contributed by atoms with Crippen LogP contribution >= 0.6 is 0 Å². The van der Waals surface area contributed by atoms with Crippen LogP contribution in [0.5, 0.6) is 0 Å². The van der Waals surface area contributed by atoms with Crippen molar-refractivity contribution in [1.29, 1.82) is 0 Å². The molecule has 0 heterocycles. The van der Waals surface area contributed by atoms with E-state index in [4.69, 9.17) is 0 Å². The molecule has 2 nitrogen and oxygen atoms in total. The number of rotatable bonds is 6. The van der Waals surface area contributed by atoms with Gasteiger partial charge in [-0.25, -0.2) is 0 Å². The number of hydrogen-bond acceptors (Lipinski definition) is 2. The highest BCUT2D eigenvalue weighted by Gasteiger charge is 2.35. The van der Waals surface area contributed by atoms with Crippen LogP contribution in [0.15, 0.2) is 0 Å². The maximum atomic E-state index is 11.8. The van der Waals surface area contributed by atoms with Gasteiger partial charge in [-0.05, 0) is 31.6 Å². The Morgan fingerprint density at radius 2 is 1.65 bits per heavy atom. The summed E-state index contributed by atoms with van der Waals surface area (Å²) in [6.45, 7) is 6.81. The normalized spacial score (nSPS) is 24.2. The Hall–Kier alpha value is -0.370. The first kappa shape index (κ1) is 16.0. The fraction of sp³-hybridized carbons (Fsp3) is 0.944. The molecule has 0 amide bonds. The van der Waals surface area contributed by atoms with Gasteiger partial charge in [0.25, 0.3) is 0 Å². The lowest BCUT2D eigenvalue weighted by Crippen LogP contribution is -2.45. The van der Waals surface area contributed by atoms with Gasteiger partial charge in [-0.3, -0.25) is 4.90 Å². The van der Waals surface area contributed by atoms with Crippen LogP contribution in [0.1, 0.15) is 78.1 Å². The van der Waals surface area contributed by atoms with Gasteiger partial charge < -0.3 is 4.79 Å². The van der Waals surface area contributed by atoms with E-state index in [1.54, 1.807) is 0 Å². The molecule has 0 aliphatic heterocycles. The smallest absolute Gasteiger partial charge is 0.127 e. The first-order chi connectivity index (χ1) is 9.65. The van der Waals surface area contributed by atoms with E-state index in [0.717, 1.165) is 25.4 Å². The standard InChI is InChI=1S/C18H33NO/c1-16(2)13-19(17-9-5-6-10-17)14-18(15-20)11-7-3-4-8-12-18/h15-17H,3-14H2,1-2H3. The van der Waals surface area contributed by atoms with Gasteiger partial charge in [0.05, 0.1) is 0 Å². The van der Waals surface area contributed by atoms with E-state index in [-0.39, 0.29) is 5.41 Å². The molecule has 2 fully saturated rings. The van der Waals surface area contributed by atoms with Crippen molar-refractivity contribution >= 4 is 6.29 Å². The van der Waals surface area contributed by atoms with Crippen LogP contribution < -0.4 is 0 Å². The molecule has 2 saturated carbocycles. The molecule has 20 heavy (non-hydrogen) atoms. The third-order valence-corrected chi connectivity index (χ3v) is 5.31. The molecular weight excluding hydrogens is 246 g/mol. The Morgan fingerprint density at radius 3 is 2.15 bits per heavy atom. The number of hydrogen-bond donors (Lipinski definition) is 0. The first-order valence-electron chi connectivity index (χ1n) is 8.86. The van der Waals surface area contributed by atoms with Gasteiger partial charge in [0.15, 0.2) is 0 Å². The number of aldehydes is 1. The minimum absolute atomic E-state index is 0.0337. The van der Waals surface area contributed by atoms with Gasteiger partial charge in [-0.2, -0.15) is 0 Å². The number of carbonyl (C=O) groups is 1. The SMILES string of the molecule is CC(C)CN(CC1(C=O)CCCCCC1)C1CCCC1. The van der Waals surface area contributed by atoms with E-state index in [2.05, 4.69) is 18.7 Å². The van der Waals surface area contributed by atoms with Crippen LogP contribution in [0.2, 0.25) is 0 Å². The second-order valence-electron chi connectivity index (χ2n) is 7.66. The van der Waals surface area contributed by atoms with Gasteiger partial charge in [0.2, 0.25) is 0 Å². The molecule has 0 bridgehead atoms. The average molecular weight is 279 g/mol. The van der Waals surface area contributed by atoms with Crippen molar-refractivity contribution in [3.63, 3.8) is 0 Å². The zero-order chi connectivity index (χ0) is 14.4. The maximum Gasteiger partial charge on any atom is 0.127 e. The third-order valence-electron chi connectivity index (χ3n) is 5.31. The fourth-order valence-corrected chi connectivity index (χ4v) is 4.23. The maximum absolute atomic E-state index is 11.8. The van der Waals surface area contributed by atoms with Gasteiger partial charge >= 0.3 is 0 Å². The molecule has 0 saturated heterocycles. The summed E-state index contributed by atoms with van der Waals surface area (Å²) in [6.07, 6.45) is 14.2. The minimum atomic E-state index is -0.0337. The molecule has 0 aromatic heterocycles. The molecule has 0 aromatic carbocycles. The molecule has 2 aliphatic rings. The summed E-state index contributed by atoms with van der Waals surface area (Å²) in [5, 5.41) is 0. The number of carbonyl (C=O) groups excluding carboxylic acids is 1. The topological polar surface area (TPSA) is 20.3 Å². The van der Waals surface area contributed by atoms with Gasteiger partial charge in [0.1, 0.15) is 6.29 Å². The van der Waals surface area contributed by atoms with Gasteiger partial charge in [-0.15, -0.1) is 0 Å². The lowest BCUT2D eigenvalue weighted by Gasteiger charge is -2.38. The second kappa shape index (κ2) is 7.59. The largest absolute Gasteiger partial charge is 0.303 e. The molecule has 0 atom stereocenters. The zero-order valence-corrected chi connectivity index (χ0v) is 13.6. The van der Waals surface area contributed by atoms with Crippen molar-refractivity contribution in [2.24, 2.45) is 11.3 Å². The Morgan fingerprint density at radius 1 is 1.05 bits per heavy atom. The van der Waals surface area contributed by atoms with Crippen molar-refractivity contribution in [3.8, 4) is 0 Å². The van der Waals surface area contributed by atoms with E-state index in [9.17, 15) is 4.79 Å². The highest BCUT2D eigenvalue weighted by atomic mass is 16.1. The lowest BCUT2D eigenvalue weighted by atomic mass is 9.80. The molecule has 0 radical (unpaired) electrons. The molecule has 0 spiro atoms. The Balaban J connectivity index is 2.04. The van der Waals surface area contributed by atoms with E-state index >= 15 is 0 Å². The molecular formula is C18H33NO. The minimum Gasteiger partial charge on any atom is -0.303 e. The Bertz CT molecular complexity index is 286. The highest BCUT2D eigenvalue weighted by molar-refractivity contribution is 5.59. The summed E-state index contributed by atoms with van der Waals surface area (Å²) in [5.74, 6) is 0.699. The summed E-state index contributed by atoms with van der Waals surface area (Å²) >= 11 is 0. The predicted molar refractivity (Wildman–Crippen MR) is 84.9 cm³/mol. The van der Waals surface area contributed by atoms with Gasteiger partial charge in [0, 0.05) is 24.5 Å². The number of nitrogens with zero attached hydrogens (tertiary/aromatic N) is 1. The van der Waals surface area contributed by atoms with Crippen LogP contribution in [-0.4, -0.2) is 30.3 Å². The lowest BCUT2D eigenvalue weighted by molar-refractivity contribution is -0.118. The molecule has 2 heteroatoms. The zero-order valence-electron chi connectivity index (χ0n) is 13.6. The van der Waals surface area contributed by atoms with E-state index < -0.39 is 0 Å². The summed E-state index contributed by atoms with van der Waals surface area (Å²) in [5.41, 5.74) is -0.0337. The van der Waals surface area contributed by atoms with E-state index in [1.165, 1.54) is 64.2 Å². The van der Waals surface area contributed by atoms with Crippen LogP contribution in [-0.2, 0) is 4.79 Å². The molecule has 2 aliphatic carbocycles. The first-order valence-corrected chi connectivity index (χ1v) is 8.86. The van der Waals surface area contributed by atoms with E-state index in [0.29, 0.717) is 5.92 Å². The third kappa shape index (κ3) is 4.31.